The number of hydrogen-bond donors (Lipinski definition) is 3. The molecule has 1 amide bonds. The van der Waals surface area contributed by atoms with Crippen LogP contribution in [-0.4, -0.2) is 36.1 Å². The molecule has 1 saturated heterocycles. The fraction of sp³-hybridized carbons (Fsp3) is 0.714. The van der Waals surface area contributed by atoms with Crippen LogP contribution in [0.2, 0.25) is 0 Å². The van der Waals surface area contributed by atoms with Crippen molar-refractivity contribution in [2.75, 3.05) is 13.1 Å². The number of allylic oxidation sites excluding steroid dienone is 2. The van der Waals surface area contributed by atoms with Gasteiger partial charge in [-0.2, -0.15) is 0 Å². The predicted octanol–water partition coefficient (Wildman–Crippen LogP) is 0.377. The van der Waals surface area contributed by atoms with Crippen LogP contribution < -0.4 is 10.6 Å². The molecule has 0 spiro atoms. The Morgan fingerprint density at radius 1 is 1.11 bits per heavy atom. The highest BCUT2D eigenvalue weighted by molar-refractivity contribution is 5.87. The zero-order valence-electron chi connectivity index (χ0n) is 10.8. The Kier molecular flexibility index (Phi) is 3.31. The molecule has 3 rings (SSSR count). The molecule has 1 aliphatic heterocycles. The fourth-order valence-electron chi connectivity index (χ4n) is 3.78. The summed E-state index contributed by atoms with van der Waals surface area (Å²) >= 11 is 0. The zero-order valence-corrected chi connectivity index (χ0v) is 10.8. The normalized spacial score (nSPS) is 37.5. The molecule has 1 saturated carbocycles. The number of carbonyl (C=O) groups is 2. The van der Waals surface area contributed by atoms with Crippen molar-refractivity contribution in [1.29, 1.82) is 0 Å². The van der Waals surface area contributed by atoms with Gasteiger partial charge in [-0.1, -0.05) is 12.2 Å². The summed E-state index contributed by atoms with van der Waals surface area (Å²) in [5.74, 6) is -1.63. The number of piperidine rings is 1. The summed E-state index contributed by atoms with van der Waals surface area (Å²) in [6, 6.07) is 0.200. The Hall–Kier alpha value is -1.36. The average molecular weight is 264 g/mol. The number of carbonyl (C=O) groups excluding carboxylic acids is 1. The van der Waals surface area contributed by atoms with E-state index in [1.54, 1.807) is 0 Å². The summed E-state index contributed by atoms with van der Waals surface area (Å²) in [4.78, 5) is 23.8. The first kappa shape index (κ1) is 12.7. The van der Waals surface area contributed by atoms with Gasteiger partial charge in [-0.25, -0.2) is 0 Å². The summed E-state index contributed by atoms with van der Waals surface area (Å²) < 4.78 is 0. The van der Waals surface area contributed by atoms with E-state index < -0.39 is 11.9 Å². The summed E-state index contributed by atoms with van der Waals surface area (Å²) in [5, 5.41) is 15.6. The predicted molar refractivity (Wildman–Crippen MR) is 69.4 cm³/mol. The van der Waals surface area contributed by atoms with E-state index in [0.717, 1.165) is 32.4 Å². The Bertz CT molecular complexity index is 415. The van der Waals surface area contributed by atoms with E-state index in [-0.39, 0.29) is 29.7 Å². The smallest absolute Gasteiger partial charge is 0.307 e. The van der Waals surface area contributed by atoms with Gasteiger partial charge in [-0.3, -0.25) is 9.59 Å². The van der Waals surface area contributed by atoms with Crippen molar-refractivity contribution in [3.8, 4) is 0 Å². The topological polar surface area (TPSA) is 78.4 Å². The van der Waals surface area contributed by atoms with Gasteiger partial charge in [0.25, 0.3) is 0 Å². The van der Waals surface area contributed by atoms with Crippen LogP contribution in [-0.2, 0) is 9.59 Å². The molecule has 0 aromatic heterocycles. The second-order valence-electron chi connectivity index (χ2n) is 5.87. The van der Waals surface area contributed by atoms with Gasteiger partial charge in [0.15, 0.2) is 0 Å². The van der Waals surface area contributed by atoms with Crippen LogP contribution in [0.4, 0.5) is 0 Å². The number of amides is 1. The van der Waals surface area contributed by atoms with Crippen LogP contribution in [0.1, 0.15) is 19.3 Å². The van der Waals surface area contributed by atoms with Gasteiger partial charge in [-0.05, 0) is 44.2 Å². The van der Waals surface area contributed by atoms with E-state index in [2.05, 4.69) is 10.6 Å². The standard InChI is InChI=1S/C14H20N2O3/c17-13(16-10-3-5-15-6-4-10)11-8-1-2-9(7-8)12(11)14(18)19/h1-2,8-12,15H,3-7H2,(H,16,17)(H,18,19)/t8?,9?,11-,12+/m0/s1. The van der Waals surface area contributed by atoms with Crippen molar-refractivity contribution >= 4 is 11.9 Å². The van der Waals surface area contributed by atoms with Gasteiger partial charge in [0.05, 0.1) is 11.8 Å². The molecule has 0 aromatic rings. The van der Waals surface area contributed by atoms with E-state index >= 15 is 0 Å². The second-order valence-corrected chi connectivity index (χ2v) is 5.87. The summed E-state index contributed by atoms with van der Waals surface area (Å²) in [6.07, 6.45) is 6.68. The number of nitrogens with one attached hydrogen (secondary N) is 2. The molecular formula is C14H20N2O3. The van der Waals surface area contributed by atoms with Crippen LogP contribution in [0.25, 0.3) is 0 Å². The highest BCUT2D eigenvalue weighted by atomic mass is 16.4. The number of fused-ring (bicyclic) bond motifs is 2. The maximum Gasteiger partial charge on any atom is 0.307 e. The van der Waals surface area contributed by atoms with Crippen molar-refractivity contribution in [2.45, 2.75) is 25.3 Å². The largest absolute Gasteiger partial charge is 0.481 e. The highest BCUT2D eigenvalue weighted by Crippen LogP contribution is 2.48. The van der Waals surface area contributed by atoms with Crippen molar-refractivity contribution in [3.63, 3.8) is 0 Å². The lowest BCUT2D eigenvalue weighted by Gasteiger charge is -2.29. The van der Waals surface area contributed by atoms with E-state index in [1.165, 1.54) is 0 Å². The quantitative estimate of drug-likeness (QED) is 0.644. The number of carboxylic acids is 1. The van der Waals surface area contributed by atoms with Crippen LogP contribution in [0.15, 0.2) is 12.2 Å². The Labute approximate surface area is 112 Å². The highest BCUT2D eigenvalue weighted by Gasteiger charge is 2.51. The molecule has 3 N–H and O–H groups in total. The number of hydrogen-bond acceptors (Lipinski definition) is 3. The van der Waals surface area contributed by atoms with Gasteiger partial charge in [-0.15, -0.1) is 0 Å². The lowest BCUT2D eigenvalue weighted by molar-refractivity contribution is -0.148. The molecule has 1 heterocycles. The van der Waals surface area contributed by atoms with Gasteiger partial charge < -0.3 is 15.7 Å². The third kappa shape index (κ3) is 2.27. The maximum atomic E-state index is 12.4. The van der Waals surface area contributed by atoms with E-state index in [0.29, 0.717) is 0 Å². The average Bonchev–Trinajstić information content (AvgIpc) is 2.99. The molecule has 5 heteroatoms. The van der Waals surface area contributed by atoms with Crippen LogP contribution >= 0.6 is 0 Å². The molecule has 0 radical (unpaired) electrons. The van der Waals surface area contributed by atoms with E-state index in [4.69, 9.17) is 0 Å². The molecule has 5 nitrogen and oxygen atoms in total. The number of aliphatic carboxylic acids is 1. The van der Waals surface area contributed by atoms with Crippen molar-refractivity contribution in [2.24, 2.45) is 23.7 Å². The minimum Gasteiger partial charge on any atom is -0.481 e. The molecule has 4 atom stereocenters. The first-order valence-electron chi connectivity index (χ1n) is 7.09. The lowest BCUT2D eigenvalue weighted by Crippen LogP contribution is -2.47. The monoisotopic (exact) mass is 264 g/mol. The van der Waals surface area contributed by atoms with Crippen molar-refractivity contribution < 1.29 is 14.7 Å². The molecule has 0 aromatic carbocycles. The van der Waals surface area contributed by atoms with E-state index in [9.17, 15) is 14.7 Å². The van der Waals surface area contributed by atoms with Gasteiger partial charge in [0.2, 0.25) is 5.91 Å². The Balaban J connectivity index is 1.68. The van der Waals surface area contributed by atoms with Gasteiger partial charge in [0, 0.05) is 6.04 Å². The first-order valence-corrected chi connectivity index (χ1v) is 7.09. The first-order chi connectivity index (χ1) is 9.16. The molecule has 104 valence electrons. The van der Waals surface area contributed by atoms with Gasteiger partial charge in [0.1, 0.15) is 0 Å². The van der Waals surface area contributed by atoms with Crippen LogP contribution in [0.5, 0.6) is 0 Å². The van der Waals surface area contributed by atoms with Crippen molar-refractivity contribution in [1.82, 2.24) is 10.6 Å². The third-order valence-corrected chi connectivity index (χ3v) is 4.73. The summed E-state index contributed by atoms with van der Waals surface area (Å²) in [5.41, 5.74) is 0. The number of rotatable bonds is 3. The second kappa shape index (κ2) is 4.96. The Morgan fingerprint density at radius 3 is 2.37 bits per heavy atom. The number of carboxylic acid groups (broad SMARTS) is 1. The molecule has 2 bridgehead atoms. The molecule has 19 heavy (non-hydrogen) atoms. The molecule has 2 unspecified atom stereocenters. The molecule has 3 aliphatic rings. The minimum atomic E-state index is -0.831. The van der Waals surface area contributed by atoms with Crippen LogP contribution in [0, 0.1) is 23.7 Å². The maximum absolute atomic E-state index is 12.4. The SMILES string of the molecule is O=C(O)[C@@H]1C2C=CC(C2)[C@@H]1C(=O)NC1CCNCC1. The molecular weight excluding hydrogens is 244 g/mol. The van der Waals surface area contributed by atoms with Crippen molar-refractivity contribution in [3.05, 3.63) is 12.2 Å². The van der Waals surface area contributed by atoms with Gasteiger partial charge >= 0.3 is 5.97 Å². The van der Waals surface area contributed by atoms with Crippen LogP contribution in [0.3, 0.4) is 0 Å². The lowest BCUT2D eigenvalue weighted by atomic mass is 9.82. The van der Waals surface area contributed by atoms with E-state index in [1.807, 2.05) is 12.2 Å². The zero-order chi connectivity index (χ0) is 13.4. The fourth-order valence-corrected chi connectivity index (χ4v) is 3.78. The summed E-state index contributed by atoms with van der Waals surface area (Å²) in [7, 11) is 0. The molecule has 2 aliphatic carbocycles. The third-order valence-electron chi connectivity index (χ3n) is 4.73. The molecule has 2 fully saturated rings. The Morgan fingerprint density at radius 2 is 1.74 bits per heavy atom. The summed E-state index contributed by atoms with van der Waals surface area (Å²) in [6.45, 7) is 1.84. The minimum absolute atomic E-state index is 0.0475.